The highest BCUT2D eigenvalue weighted by Gasteiger charge is 2.19. The Labute approximate surface area is 202 Å². The van der Waals surface area contributed by atoms with E-state index in [0.717, 1.165) is 53.2 Å². The van der Waals surface area contributed by atoms with Crippen molar-refractivity contribution in [3.05, 3.63) is 86.4 Å². The van der Waals surface area contributed by atoms with Crippen LogP contribution in [0.25, 0.3) is 5.69 Å². The van der Waals surface area contributed by atoms with Crippen LogP contribution in [0.4, 0.5) is 10.1 Å². The number of carbonyl (C=O) groups excluding carboxylic acids is 1. The second-order valence-corrected chi connectivity index (χ2v) is 8.66. The zero-order valence-corrected chi connectivity index (χ0v) is 19.9. The fourth-order valence-corrected chi connectivity index (χ4v) is 4.04. The van der Waals surface area contributed by atoms with Crippen molar-refractivity contribution in [1.29, 1.82) is 0 Å². The summed E-state index contributed by atoms with van der Waals surface area (Å²) in [4.78, 5) is 42.3. The average molecular weight is 481 g/mol. The zero-order chi connectivity index (χ0) is 24.9. The molecule has 3 aromatic rings. The Balaban J connectivity index is 1.30. The summed E-state index contributed by atoms with van der Waals surface area (Å²) in [5.41, 5.74) is 0.842. The number of aromatic nitrogens is 3. The fraction of sp³-hybridized carbons (Fsp3) is 0.360. The van der Waals surface area contributed by atoms with Crippen LogP contribution in [-0.4, -0.2) is 64.4 Å². The molecule has 0 aliphatic carbocycles. The molecular formula is C25H29FN6O3. The Morgan fingerprint density at radius 2 is 1.60 bits per heavy atom. The number of benzene rings is 2. The van der Waals surface area contributed by atoms with Crippen molar-refractivity contribution in [1.82, 2.24) is 24.6 Å². The van der Waals surface area contributed by atoms with Crippen molar-refractivity contribution in [2.75, 3.05) is 44.2 Å². The Bertz CT molecular complexity index is 1290. The van der Waals surface area contributed by atoms with Gasteiger partial charge in [-0.25, -0.2) is 9.18 Å². The van der Waals surface area contributed by atoms with Gasteiger partial charge in [-0.1, -0.05) is 17.7 Å². The van der Waals surface area contributed by atoms with Crippen molar-refractivity contribution in [3.8, 4) is 5.69 Å². The van der Waals surface area contributed by atoms with Gasteiger partial charge in [0.2, 0.25) is 5.69 Å². The minimum atomic E-state index is -0.729. The normalized spacial score (nSPS) is 14.2. The van der Waals surface area contributed by atoms with E-state index in [9.17, 15) is 18.8 Å². The molecule has 0 bridgehead atoms. The molecule has 1 N–H and O–H groups in total. The first-order chi connectivity index (χ1) is 16.8. The summed E-state index contributed by atoms with van der Waals surface area (Å²) < 4.78 is 15.1. The van der Waals surface area contributed by atoms with Gasteiger partial charge in [-0.15, -0.1) is 0 Å². The molecule has 0 saturated carbocycles. The lowest BCUT2D eigenvalue weighted by atomic mass is 10.2. The SMILES string of the molecule is Cc1ccc(-n2nc(C(=O)NCCCN3CCN(c4ccc(F)cc4)CC3)c(=O)n(C)c2=O)cc1. The van der Waals surface area contributed by atoms with Gasteiger partial charge >= 0.3 is 5.69 Å². The van der Waals surface area contributed by atoms with Gasteiger partial charge in [-0.2, -0.15) is 9.78 Å². The lowest BCUT2D eigenvalue weighted by Crippen LogP contribution is -2.47. The van der Waals surface area contributed by atoms with Crippen LogP contribution in [0.3, 0.4) is 0 Å². The van der Waals surface area contributed by atoms with Crippen molar-refractivity contribution >= 4 is 11.6 Å². The number of rotatable bonds is 7. The van der Waals surface area contributed by atoms with Crippen LogP contribution in [-0.2, 0) is 7.05 Å². The van der Waals surface area contributed by atoms with E-state index in [1.807, 2.05) is 19.1 Å². The molecule has 184 valence electrons. The number of nitrogens with zero attached hydrogens (tertiary/aromatic N) is 5. The molecule has 2 heterocycles. The highest BCUT2D eigenvalue weighted by atomic mass is 19.1. The molecule has 0 radical (unpaired) electrons. The highest BCUT2D eigenvalue weighted by molar-refractivity contribution is 5.91. The van der Waals surface area contributed by atoms with Crippen LogP contribution in [0.2, 0.25) is 0 Å². The summed E-state index contributed by atoms with van der Waals surface area (Å²) in [6.45, 7) is 6.53. The number of anilines is 1. The van der Waals surface area contributed by atoms with Gasteiger partial charge in [0.05, 0.1) is 5.69 Å². The Kier molecular flexibility index (Phi) is 7.40. The molecular weight excluding hydrogens is 451 g/mol. The van der Waals surface area contributed by atoms with E-state index >= 15 is 0 Å². The van der Waals surface area contributed by atoms with Gasteiger partial charge in [-0.3, -0.25) is 19.1 Å². The first-order valence-electron chi connectivity index (χ1n) is 11.6. The number of halogens is 1. The predicted molar refractivity (Wildman–Crippen MR) is 132 cm³/mol. The van der Waals surface area contributed by atoms with Crippen molar-refractivity contribution < 1.29 is 9.18 Å². The summed E-state index contributed by atoms with van der Waals surface area (Å²) in [7, 11) is 1.33. The van der Waals surface area contributed by atoms with E-state index in [1.165, 1.54) is 19.2 Å². The fourth-order valence-electron chi connectivity index (χ4n) is 4.04. The molecule has 10 heteroatoms. The van der Waals surface area contributed by atoms with Crippen LogP contribution in [0.5, 0.6) is 0 Å². The molecule has 9 nitrogen and oxygen atoms in total. The maximum absolute atomic E-state index is 13.1. The third-order valence-corrected chi connectivity index (χ3v) is 6.17. The second-order valence-electron chi connectivity index (χ2n) is 8.66. The first-order valence-corrected chi connectivity index (χ1v) is 11.6. The zero-order valence-electron chi connectivity index (χ0n) is 19.9. The van der Waals surface area contributed by atoms with Crippen LogP contribution in [0.1, 0.15) is 22.5 Å². The standard InChI is InChI=1S/C25H29FN6O3/c1-18-4-8-21(9-5-18)32-25(35)29(2)24(34)22(28-32)23(33)27-12-3-13-30-14-16-31(17-15-30)20-10-6-19(26)7-11-20/h4-11H,3,12-17H2,1-2H3,(H,27,33). The van der Waals surface area contributed by atoms with Crippen LogP contribution < -0.4 is 21.5 Å². The van der Waals surface area contributed by atoms with E-state index in [2.05, 4.69) is 20.2 Å². The number of hydrogen-bond donors (Lipinski definition) is 1. The minimum Gasteiger partial charge on any atom is -0.369 e. The highest BCUT2D eigenvalue weighted by Crippen LogP contribution is 2.16. The van der Waals surface area contributed by atoms with E-state index in [1.54, 1.807) is 24.3 Å². The van der Waals surface area contributed by atoms with Gasteiger partial charge in [-0.05, 0) is 56.3 Å². The van der Waals surface area contributed by atoms with Crippen molar-refractivity contribution in [2.45, 2.75) is 13.3 Å². The van der Waals surface area contributed by atoms with Gasteiger partial charge in [0.15, 0.2) is 0 Å². The maximum atomic E-state index is 13.1. The summed E-state index contributed by atoms with van der Waals surface area (Å²) in [6, 6.07) is 13.6. The molecule has 35 heavy (non-hydrogen) atoms. The Morgan fingerprint density at radius 3 is 2.26 bits per heavy atom. The largest absolute Gasteiger partial charge is 0.369 e. The van der Waals surface area contributed by atoms with Crippen LogP contribution >= 0.6 is 0 Å². The van der Waals surface area contributed by atoms with E-state index in [4.69, 9.17) is 0 Å². The number of amides is 1. The lowest BCUT2D eigenvalue weighted by molar-refractivity contribution is 0.0941. The molecule has 0 unspecified atom stereocenters. The smallest absolute Gasteiger partial charge is 0.351 e. The summed E-state index contributed by atoms with van der Waals surface area (Å²) in [6.07, 6.45) is 0.709. The topological polar surface area (TPSA) is 92.5 Å². The Morgan fingerprint density at radius 1 is 0.971 bits per heavy atom. The molecule has 1 fully saturated rings. The molecule has 1 saturated heterocycles. The van der Waals surface area contributed by atoms with Crippen molar-refractivity contribution in [2.24, 2.45) is 7.05 Å². The molecule has 0 spiro atoms. The number of carbonyl (C=O) groups is 1. The van der Waals surface area contributed by atoms with Gasteiger partial charge in [0.25, 0.3) is 11.5 Å². The third-order valence-electron chi connectivity index (χ3n) is 6.17. The third kappa shape index (κ3) is 5.65. The molecule has 1 amide bonds. The summed E-state index contributed by atoms with van der Waals surface area (Å²) in [5, 5.41) is 6.81. The van der Waals surface area contributed by atoms with Gasteiger partial charge < -0.3 is 10.2 Å². The lowest BCUT2D eigenvalue weighted by Gasteiger charge is -2.36. The predicted octanol–water partition coefficient (Wildman–Crippen LogP) is 1.32. The summed E-state index contributed by atoms with van der Waals surface area (Å²) >= 11 is 0. The van der Waals surface area contributed by atoms with Crippen molar-refractivity contribution in [3.63, 3.8) is 0 Å². The molecule has 2 aromatic carbocycles. The number of piperazine rings is 1. The number of aryl methyl sites for hydroxylation is 1. The van der Waals surface area contributed by atoms with Gasteiger partial charge in [0, 0.05) is 45.5 Å². The van der Waals surface area contributed by atoms with E-state index < -0.39 is 17.2 Å². The monoisotopic (exact) mass is 480 g/mol. The molecule has 4 rings (SSSR count). The number of hydrogen-bond acceptors (Lipinski definition) is 6. The van der Waals surface area contributed by atoms with Crippen LogP contribution in [0, 0.1) is 12.7 Å². The molecule has 1 aromatic heterocycles. The van der Waals surface area contributed by atoms with Gasteiger partial charge in [0.1, 0.15) is 5.82 Å². The maximum Gasteiger partial charge on any atom is 0.351 e. The van der Waals surface area contributed by atoms with Crippen LogP contribution in [0.15, 0.2) is 58.1 Å². The van der Waals surface area contributed by atoms with E-state index in [-0.39, 0.29) is 11.5 Å². The Hall–Kier alpha value is -3.79. The summed E-state index contributed by atoms with van der Waals surface area (Å²) in [5.74, 6) is -0.844. The minimum absolute atomic E-state index is 0.239. The average Bonchev–Trinajstić information content (AvgIpc) is 2.87. The molecule has 1 aliphatic rings. The molecule has 1 aliphatic heterocycles. The van der Waals surface area contributed by atoms with E-state index in [0.29, 0.717) is 18.7 Å². The quantitative estimate of drug-likeness (QED) is 0.513. The molecule has 0 atom stereocenters. The number of nitrogens with one attached hydrogen (secondary N) is 1. The second kappa shape index (κ2) is 10.6. The first kappa shape index (κ1) is 24.3.